The number of rotatable bonds is 9. The molecule has 0 unspecified atom stereocenters. The highest BCUT2D eigenvalue weighted by atomic mass is 35.5. The van der Waals surface area contributed by atoms with Gasteiger partial charge in [0.05, 0.1) is 11.9 Å². The predicted molar refractivity (Wildman–Crippen MR) is 120 cm³/mol. The standard InChI is InChI=1S/C22H29ClN2O3S/c1-16(2)19-9-7-18(8-10-19)6-5-13-24-22(26)15-25(29(4,27)28)21-12-11-20(23)14-17(21)3/h7-12,14,16H,5-6,13,15H2,1-4H3,(H,24,26). The van der Waals surface area contributed by atoms with E-state index in [1.807, 2.05) is 0 Å². The zero-order chi connectivity index (χ0) is 21.6. The Balaban J connectivity index is 1.90. The summed E-state index contributed by atoms with van der Waals surface area (Å²) in [4.78, 5) is 12.3. The number of carbonyl (C=O) groups excluding carboxylic acids is 1. The predicted octanol–water partition coefficient (Wildman–Crippen LogP) is 4.29. The molecule has 0 saturated heterocycles. The summed E-state index contributed by atoms with van der Waals surface area (Å²) >= 11 is 5.95. The summed E-state index contributed by atoms with van der Waals surface area (Å²) in [7, 11) is -3.60. The van der Waals surface area contributed by atoms with Crippen molar-refractivity contribution < 1.29 is 13.2 Å². The number of amides is 1. The third-order valence-electron chi connectivity index (χ3n) is 4.73. The minimum absolute atomic E-state index is 0.260. The first kappa shape index (κ1) is 23.2. The first-order valence-electron chi connectivity index (χ1n) is 9.67. The van der Waals surface area contributed by atoms with Crippen molar-refractivity contribution in [2.45, 2.75) is 39.5 Å². The van der Waals surface area contributed by atoms with Gasteiger partial charge in [-0.05, 0) is 60.6 Å². The van der Waals surface area contributed by atoms with E-state index in [0.717, 1.165) is 23.4 Å². The summed E-state index contributed by atoms with van der Waals surface area (Å²) in [5, 5.41) is 3.33. The average molecular weight is 437 g/mol. The van der Waals surface area contributed by atoms with Crippen molar-refractivity contribution in [3.63, 3.8) is 0 Å². The molecule has 0 bridgehead atoms. The molecule has 0 atom stereocenters. The van der Waals surface area contributed by atoms with Gasteiger partial charge in [0, 0.05) is 11.6 Å². The highest BCUT2D eigenvalue weighted by Crippen LogP contribution is 2.25. The van der Waals surface area contributed by atoms with Crippen LogP contribution < -0.4 is 9.62 Å². The monoisotopic (exact) mass is 436 g/mol. The second-order valence-electron chi connectivity index (χ2n) is 7.55. The normalized spacial score (nSPS) is 11.5. The second-order valence-corrected chi connectivity index (χ2v) is 9.89. The lowest BCUT2D eigenvalue weighted by atomic mass is 10.0. The number of nitrogens with one attached hydrogen (secondary N) is 1. The number of carbonyl (C=O) groups is 1. The molecule has 2 aromatic rings. The van der Waals surface area contributed by atoms with E-state index in [1.165, 1.54) is 11.1 Å². The van der Waals surface area contributed by atoms with Crippen LogP contribution in [0.2, 0.25) is 5.02 Å². The van der Waals surface area contributed by atoms with E-state index in [0.29, 0.717) is 28.7 Å². The Morgan fingerprint density at radius 1 is 1.14 bits per heavy atom. The van der Waals surface area contributed by atoms with E-state index in [1.54, 1.807) is 25.1 Å². The highest BCUT2D eigenvalue weighted by molar-refractivity contribution is 7.92. The van der Waals surface area contributed by atoms with Crippen LogP contribution in [0.15, 0.2) is 42.5 Å². The first-order valence-corrected chi connectivity index (χ1v) is 11.9. The molecule has 0 aromatic heterocycles. The number of hydrogen-bond acceptors (Lipinski definition) is 3. The maximum absolute atomic E-state index is 12.3. The Labute approximate surface area is 179 Å². The molecule has 29 heavy (non-hydrogen) atoms. The summed E-state index contributed by atoms with van der Waals surface area (Å²) in [6.07, 6.45) is 2.73. The van der Waals surface area contributed by atoms with Crippen molar-refractivity contribution in [1.29, 1.82) is 0 Å². The molecule has 0 aliphatic heterocycles. The SMILES string of the molecule is Cc1cc(Cl)ccc1N(CC(=O)NCCCc1ccc(C(C)C)cc1)S(C)(=O)=O. The molecule has 0 fully saturated rings. The van der Waals surface area contributed by atoms with E-state index in [2.05, 4.69) is 43.4 Å². The number of halogens is 1. The van der Waals surface area contributed by atoms with Gasteiger partial charge in [-0.2, -0.15) is 0 Å². The minimum Gasteiger partial charge on any atom is -0.355 e. The van der Waals surface area contributed by atoms with Crippen LogP contribution in [-0.4, -0.2) is 33.7 Å². The smallest absolute Gasteiger partial charge is 0.240 e. The summed E-state index contributed by atoms with van der Waals surface area (Å²) in [5.41, 5.74) is 3.68. The molecule has 5 nitrogen and oxygen atoms in total. The van der Waals surface area contributed by atoms with E-state index in [4.69, 9.17) is 11.6 Å². The van der Waals surface area contributed by atoms with Gasteiger partial charge in [0.15, 0.2) is 0 Å². The van der Waals surface area contributed by atoms with Crippen molar-refractivity contribution in [3.05, 3.63) is 64.2 Å². The van der Waals surface area contributed by atoms with Gasteiger partial charge in [0.1, 0.15) is 6.54 Å². The fourth-order valence-electron chi connectivity index (χ4n) is 3.06. The molecule has 0 spiro atoms. The molecular weight excluding hydrogens is 408 g/mol. The molecular formula is C22H29ClN2O3S. The average Bonchev–Trinajstić information content (AvgIpc) is 2.63. The lowest BCUT2D eigenvalue weighted by molar-refractivity contribution is -0.119. The Morgan fingerprint density at radius 3 is 2.34 bits per heavy atom. The maximum atomic E-state index is 12.3. The minimum atomic E-state index is -3.60. The Kier molecular flexibility index (Phi) is 8.11. The van der Waals surface area contributed by atoms with Gasteiger partial charge in [0.2, 0.25) is 15.9 Å². The van der Waals surface area contributed by atoms with Crippen molar-refractivity contribution in [2.24, 2.45) is 0 Å². The molecule has 2 aromatic carbocycles. The van der Waals surface area contributed by atoms with E-state index < -0.39 is 10.0 Å². The molecule has 0 saturated carbocycles. The molecule has 0 aliphatic rings. The van der Waals surface area contributed by atoms with Crippen LogP contribution in [0.5, 0.6) is 0 Å². The molecule has 1 N–H and O–H groups in total. The number of nitrogens with zero attached hydrogens (tertiary/aromatic N) is 1. The van der Waals surface area contributed by atoms with Crippen LogP contribution in [0.25, 0.3) is 0 Å². The molecule has 1 amide bonds. The Bertz CT molecular complexity index is 941. The topological polar surface area (TPSA) is 66.5 Å². The van der Waals surface area contributed by atoms with Crippen LogP contribution in [0.4, 0.5) is 5.69 Å². The fourth-order valence-corrected chi connectivity index (χ4v) is 4.20. The third-order valence-corrected chi connectivity index (χ3v) is 6.09. The summed E-state index contributed by atoms with van der Waals surface area (Å²) in [6, 6.07) is 13.4. The largest absolute Gasteiger partial charge is 0.355 e. The van der Waals surface area contributed by atoms with Gasteiger partial charge in [0.25, 0.3) is 0 Å². The molecule has 2 rings (SSSR count). The Morgan fingerprint density at radius 2 is 1.79 bits per heavy atom. The van der Waals surface area contributed by atoms with E-state index >= 15 is 0 Å². The highest BCUT2D eigenvalue weighted by Gasteiger charge is 2.22. The molecule has 158 valence electrons. The molecule has 0 aliphatic carbocycles. The van der Waals surface area contributed by atoms with E-state index in [9.17, 15) is 13.2 Å². The second kappa shape index (κ2) is 10.1. The van der Waals surface area contributed by atoms with Crippen LogP contribution in [-0.2, 0) is 21.2 Å². The van der Waals surface area contributed by atoms with Gasteiger partial charge in [-0.3, -0.25) is 9.10 Å². The summed E-state index contributed by atoms with van der Waals surface area (Å²) in [6.45, 7) is 6.32. The molecule has 7 heteroatoms. The quantitative estimate of drug-likeness (QED) is 0.596. The lowest BCUT2D eigenvalue weighted by Gasteiger charge is -2.23. The molecule has 0 radical (unpaired) electrons. The first-order chi connectivity index (χ1) is 13.6. The fraction of sp³-hybridized carbons (Fsp3) is 0.409. The number of sulfonamides is 1. The van der Waals surface area contributed by atoms with Gasteiger partial charge < -0.3 is 5.32 Å². The molecule has 0 heterocycles. The van der Waals surface area contributed by atoms with Crippen LogP contribution in [0, 0.1) is 6.92 Å². The third kappa shape index (κ3) is 7.05. The summed E-state index contributed by atoms with van der Waals surface area (Å²) in [5.74, 6) is 0.172. The van der Waals surface area contributed by atoms with Gasteiger partial charge in [-0.1, -0.05) is 49.7 Å². The van der Waals surface area contributed by atoms with Crippen molar-refractivity contribution in [2.75, 3.05) is 23.7 Å². The van der Waals surface area contributed by atoms with Gasteiger partial charge in [-0.25, -0.2) is 8.42 Å². The van der Waals surface area contributed by atoms with Crippen molar-refractivity contribution in [1.82, 2.24) is 5.32 Å². The van der Waals surface area contributed by atoms with E-state index in [-0.39, 0.29) is 12.5 Å². The van der Waals surface area contributed by atoms with Crippen LogP contribution >= 0.6 is 11.6 Å². The summed E-state index contributed by atoms with van der Waals surface area (Å²) < 4.78 is 25.5. The Hall–Kier alpha value is -2.05. The van der Waals surface area contributed by atoms with Crippen molar-refractivity contribution >= 4 is 33.2 Å². The van der Waals surface area contributed by atoms with Crippen LogP contribution in [0.3, 0.4) is 0 Å². The van der Waals surface area contributed by atoms with Gasteiger partial charge in [-0.15, -0.1) is 0 Å². The number of anilines is 1. The number of aryl methyl sites for hydroxylation is 2. The van der Waals surface area contributed by atoms with Gasteiger partial charge >= 0.3 is 0 Å². The zero-order valence-corrected chi connectivity index (χ0v) is 19.0. The van der Waals surface area contributed by atoms with Crippen LogP contribution in [0.1, 0.15) is 42.9 Å². The number of benzene rings is 2. The zero-order valence-electron chi connectivity index (χ0n) is 17.4. The lowest BCUT2D eigenvalue weighted by Crippen LogP contribution is -2.41. The maximum Gasteiger partial charge on any atom is 0.240 e. The van der Waals surface area contributed by atoms with Crippen molar-refractivity contribution in [3.8, 4) is 0 Å². The number of hydrogen-bond donors (Lipinski definition) is 1.